The Hall–Kier alpha value is -0.161. The van der Waals surface area contributed by atoms with Gasteiger partial charge in [-0.1, -0.05) is 0 Å². The van der Waals surface area contributed by atoms with E-state index in [1.807, 2.05) is 3.59 Å². The molecule has 0 aromatic rings. The summed E-state index contributed by atoms with van der Waals surface area (Å²) in [6.45, 7) is 9.48. The van der Waals surface area contributed by atoms with Crippen molar-refractivity contribution in [2.24, 2.45) is 0 Å². The molecule has 0 unspecified atom stereocenters. The number of rotatable bonds is 15. The second-order valence-electron chi connectivity index (χ2n) is 9.32. The van der Waals surface area contributed by atoms with Gasteiger partial charge in [-0.15, -0.1) is 0 Å². The Morgan fingerprint density at radius 3 is 1.97 bits per heavy atom. The van der Waals surface area contributed by atoms with Crippen molar-refractivity contribution >= 4 is 18.4 Å². The van der Waals surface area contributed by atoms with Crippen LogP contribution < -0.4 is 0 Å². The van der Waals surface area contributed by atoms with Gasteiger partial charge in [-0.25, -0.2) is 0 Å². The molecule has 0 aromatic carbocycles. The molecule has 1 aliphatic carbocycles. The van der Waals surface area contributed by atoms with E-state index in [9.17, 15) is 0 Å². The summed E-state index contributed by atoms with van der Waals surface area (Å²) >= 11 is -2.32. The van der Waals surface area contributed by atoms with Crippen LogP contribution in [0.4, 0.5) is 0 Å². The molecule has 0 heterocycles. The fraction of sp³-hybridized carbons (Fsp3) is 0.786. The Bertz CT molecular complexity index is 506. The van der Waals surface area contributed by atoms with Gasteiger partial charge < -0.3 is 0 Å². The van der Waals surface area contributed by atoms with Crippen molar-refractivity contribution < 1.29 is 0 Å². The maximum atomic E-state index is 3.60. The zero-order valence-corrected chi connectivity index (χ0v) is 23.2. The zero-order valence-electron chi connectivity index (χ0n) is 20.4. The van der Waals surface area contributed by atoms with Gasteiger partial charge in [0.1, 0.15) is 0 Å². The van der Waals surface area contributed by atoms with E-state index in [0.29, 0.717) is 0 Å². The molecule has 0 aliphatic heterocycles. The maximum absolute atomic E-state index is 3.60. The van der Waals surface area contributed by atoms with Gasteiger partial charge in [0.05, 0.1) is 0 Å². The van der Waals surface area contributed by atoms with Gasteiger partial charge in [-0.3, -0.25) is 0 Å². The average Bonchev–Trinajstić information content (AvgIpc) is 2.76. The first-order chi connectivity index (χ1) is 14.2. The Labute approximate surface area is 188 Å². The minimum absolute atomic E-state index is 1.21. The van der Waals surface area contributed by atoms with E-state index in [0.717, 1.165) is 0 Å². The molecular formula is C28H50Sn. The fourth-order valence-electron chi connectivity index (χ4n) is 4.80. The Kier molecular flexibility index (Phi) is 16.2. The summed E-state index contributed by atoms with van der Waals surface area (Å²) in [5, 5.41) is 0. The van der Waals surface area contributed by atoms with Crippen molar-refractivity contribution in [2.75, 3.05) is 0 Å². The first-order valence-corrected chi connectivity index (χ1v) is 20.6. The Morgan fingerprint density at radius 2 is 1.45 bits per heavy atom. The van der Waals surface area contributed by atoms with Gasteiger partial charge in [0.25, 0.3) is 0 Å². The number of unbranched alkanes of at least 4 members (excludes halogenated alkanes) is 6. The second kappa shape index (κ2) is 17.5. The summed E-state index contributed by atoms with van der Waals surface area (Å²) in [7, 11) is 0. The summed E-state index contributed by atoms with van der Waals surface area (Å²) < 4.78 is 6.65. The van der Waals surface area contributed by atoms with E-state index >= 15 is 0 Å². The molecule has 0 atom stereocenters. The SMILES string of the molecule is CCCCCC/[C](=C/C#CC1=CCCCC1)[Sn]([CH2]CCC)([CH2]CCC)[CH2]CCC. The van der Waals surface area contributed by atoms with Crippen LogP contribution in [-0.4, -0.2) is 18.4 Å². The van der Waals surface area contributed by atoms with Crippen molar-refractivity contribution in [1.82, 2.24) is 0 Å². The number of allylic oxidation sites excluding steroid dienone is 4. The molecule has 0 saturated carbocycles. The van der Waals surface area contributed by atoms with Crippen LogP contribution in [0.25, 0.3) is 0 Å². The van der Waals surface area contributed by atoms with Crippen molar-refractivity contribution in [1.29, 1.82) is 0 Å². The molecule has 0 aromatic heterocycles. The quantitative estimate of drug-likeness (QED) is 0.118. The molecule has 1 aliphatic rings. The van der Waals surface area contributed by atoms with Gasteiger partial charge in [0.2, 0.25) is 0 Å². The molecule has 0 amide bonds. The van der Waals surface area contributed by atoms with E-state index in [4.69, 9.17) is 0 Å². The third-order valence-electron chi connectivity index (χ3n) is 6.78. The van der Waals surface area contributed by atoms with Crippen LogP contribution in [0, 0.1) is 11.8 Å². The van der Waals surface area contributed by atoms with Gasteiger partial charge in [0.15, 0.2) is 0 Å². The third-order valence-corrected chi connectivity index (χ3v) is 23.0. The van der Waals surface area contributed by atoms with Crippen LogP contribution in [0.1, 0.15) is 124 Å². The van der Waals surface area contributed by atoms with E-state index < -0.39 is 18.4 Å². The molecule has 0 saturated heterocycles. The van der Waals surface area contributed by atoms with Crippen LogP contribution in [0.15, 0.2) is 21.3 Å². The number of hydrogen-bond donors (Lipinski definition) is 0. The molecule has 29 heavy (non-hydrogen) atoms. The number of hydrogen-bond acceptors (Lipinski definition) is 0. The van der Waals surface area contributed by atoms with Gasteiger partial charge in [-0.2, -0.15) is 0 Å². The van der Waals surface area contributed by atoms with E-state index in [-0.39, 0.29) is 0 Å². The molecule has 1 rings (SSSR count). The molecule has 0 N–H and O–H groups in total. The van der Waals surface area contributed by atoms with E-state index in [1.165, 1.54) is 102 Å². The van der Waals surface area contributed by atoms with Crippen LogP contribution in [-0.2, 0) is 0 Å². The van der Waals surface area contributed by atoms with E-state index in [2.05, 4.69) is 51.7 Å². The second-order valence-corrected chi connectivity index (χ2v) is 22.7. The zero-order chi connectivity index (χ0) is 21.2. The van der Waals surface area contributed by atoms with Crippen LogP contribution in [0.2, 0.25) is 13.3 Å². The third kappa shape index (κ3) is 11.1. The first-order valence-electron chi connectivity index (χ1n) is 13.1. The summed E-state index contributed by atoms with van der Waals surface area (Å²) in [6, 6.07) is 0. The molecule has 0 spiro atoms. The Morgan fingerprint density at radius 1 is 0.828 bits per heavy atom. The standard InChI is InChI=1S/C16H23.3C4H9.Sn/c1-2-3-4-5-6-7-8-10-13-16-14-11-9-12-15-16;3*1-3-4-2;/h8,14H,2-6,9,11-12,15H2,1H3;3*1,3-4H2,2H3;. The van der Waals surface area contributed by atoms with Gasteiger partial charge in [0, 0.05) is 0 Å². The topological polar surface area (TPSA) is 0 Å². The summed E-state index contributed by atoms with van der Waals surface area (Å²) in [6.07, 6.45) is 25.4. The van der Waals surface area contributed by atoms with Crippen molar-refractivity contribution in [2.45, 2.75) is 137 Å². The normalized spacial score (nSPS) is 15.0. The predicted molar refractivity (Wildman–Crippen MR) is 136 cm³/mol. The average molecular weight is 505 g/mol. The van der Waals surface area contributed by atoms with Crippen molar-refractivity contribution in [3.8, 4) is 11.8 Å². The van der Waals surface area contributed by atoms with Gasteiger partial charge in [-0.05, 0) is 0 Å². The summed E-state index contributed by atoms with van der Waals surface area (Å²) in [4.78, 5) is 0. The van der Waals surface area contributed by atoms with Crippen LogP contribution in [0.3, 0.4) is 0 Å². The fourth-order valence-corrected chi connectivity index (χ4v) is 21.6. The molecule has 0 fully saturated rings. The molecule has 1 heteroatoms. The molecular weight excluding hydrogens is 455 g/mol. The minimum atomic E-state index is -2.32. The summed E-state index contributed by atoms with van der Waals surface area (Å²) in [5.74, 6) is 7.17. The summed E-state index contributed by atoms with van der Waals surface area (Å²) in [5.41, 5.74) is 1.41. The van der Waals surface area contributed by atoms with Crippen LogP contribution in [0.5, 0.6) is 0 Å². The van der Waals surface area contributed by atoms with Crippen LogP contribution >= 0.6 is 0 Å². The van der Waals surface area contributed by atoms with Crippen molar-refractivity contribution in [3.63, 3.8) is 0 Å². The van der Waals surface area contributed by atoms with E-state index in [1.54, 1.807) is 13.3 Å². The predicted octanol–water partition coefficient (Wildman–Crippen LogP) is 9.78. The van der Waals surface area contributed by atoms with Crippen molar-refractivity contribution in [3.05, 3.63) is 21.3 Å². The molecule has 0 nitrogen and oxygen atoms in total. The van der Waals surface area contributed by atoms with Gasteiger partial charge >= 0.3 is 189 Å². The first kappa shape index (κ1) is 26.9. The Balaban J connectivity index is 3.13. The molecule has 0 radical (unpaired) electrons. The monoisotopic (exact) mass is 506 g/mol. The molecule has 166 valence electrons. The molecule has 0 bridgehead atoms.